The Labute approximate surface area is 184 Å². The first-order valence-corrected chi connectivity index (χ1v) is 12.4. The van der Waals surface area contributed by atoms with Gasteiger partial charge < -0.3 is 9.30 Å². The van der Waals surface area contributed by atoms with E-state index in [2.05, 4.69) is 18.8 Å². The smallest absolute Gasteiger partial charge is 0.325 e. The maximum absolute atomic E-state index is 12.6. The predicted molar refractivity (Wildman–Crippen MR) is 120 cm³/mol. The van der Waals surface area contributed by atoms with Crippen LogP contribution in [0.25, 0.3) is 10.2 Å². The molecule has 0 fully saturated rings. The van der Waals surface area contributed by atoms with Crippen LogP contribution < -0.4 is 4.80 Å². The first kappa shape index (κ1) is 22.9. The van der Waals surface area contributed by atoms with E-state index in [1.54, 1.807) is 16.7 Å². The lowest BCUT2D eigenvalue weighted by Crippen LogP contribution is -2.22. The van der Waals surface area contributed by atoms with Crippen LogP contribution in [-0.4, -0.2) is 38.2 Å². The maximum atomic E-state index is 12.6. The number of hydrogen-bond donors (Lipinski definition) is 0. The molecular formula is C22H24N2O5S2. The van der Waals surface area contributed by atoms with Crippen molar-refractivity contribution in [3.05, 3.63) is 58.4 Å². The number of rotatable bonds is 6. The van der Waals surface area contributed by atoms with Gasteiger partial charge in [-0.15, -0.1) is 0 Å². The first-order valence-electron chi connectivity index (χ1n) is 9.65. The number of thiazole rings is 1. The van der Waals surface area contributed by atoms with Crippen molar-refractivity contribution in [1.29, 1.82) is 0 Å². The Hall–Kier alpha value is -2.78. The SMILES string of the molecule is COC(=O)Cn1c(=NC(=O)Cc2ccc(S(C)(=O)=O)cc2)sc2cc(C(C)C)ccc21. The van der Waals surface area contributed by atoms with E-state index in [4.69, 9.17) is 4.74 Å². The molecule has 31 heavy (non-hydrogen) atoms. The number of methoxy groups -OCH3 is 1. The molecule has 0 aliphatic carbocycles. The second-order valence-corrected chi connectivity index (χ2v) is 10.6. The first-order chi connectivity index (χ1) is 14.6. The van der Waals surface area contributed by atoms with Crippen LogP contribution in [0.15, 0.2) is 52.4 Å². The van der Waals surface area contributed by atoms with E-state index in [1.165, 1.54) is 30.6 Å². The summed E-state index contributed by atoms with van der Waals surface area (Å²) in [5.74, 6) is -0.475. The minimum absolute atomic E-state index is 0.0216. The summed E-state index contributed by atoms with van der Waals surface area (Å²) in [5, 5.41) is 0. The Bertz CT molecular complexity index is 1300. The lowest BCUT2D eigenvalue weighted by molar-refractivity contribution is -0.141. The van der Waals surface area contributed by atoms with Crippen molar-refractivity contribution in [2.45, 2.75) is 37.6 Å². The fourth-order valence-corrected chi connectivity index (χ4v) is 4.78. The number of nitrogens with zero attached hydrogens (tertiary/aromatic N) is 2. The molecule has 0 atom stereocenters. The number of ether oxygens (including phenoxy) is 1. The van der Waals surface area contributed by atoms with Crippen LogP contribution in [0.5, 0.6) is 0 Å². The monoisotopic (exact) mass is 460 g/mol. The summed E-state index contributed by atoms with van der Waals surface area (Å²) in [5.41, 5.74) is 2.62. The van der Waals surface area contributed by atoms with Crippen LogP contribution >= 0.6 is 11.3 Å². The van der Waals surface area contributed by atoms with Crippen molar-refractivity contribution in [1.82, 2.24) is 4.57 Å². The summed E-state index contributed by atoms with van der Waals surface area (Å²) >= 11 is 1.34. The highest BCUT2D eigenvalue weighted by Crippen LogP contribution is 2.23. The molecule has 0 radical (unpaired) electrons. The van der Waals surface area contributed by atoms with Gasteiger partial charge in [0.05, 0.1) is 28.6 Å². The number of aromatic nitrogens is 1. The average Bonchev–Trinajstić information content (AvgIpc) is 3.03. The third kappa shape index (κ3) is 5.48. The summed E-state index contributed by atoms with van der Waals surface area (Å²) in [6.45, 7) is 4.15. The van der Waals surface area contributed by atoms with Crippen LogP contribution in [0.3, 0.4) is 0 Å². The number of hydrogen-bond acceptors (Lipinski definition) is 6. The van der Waals surface area contributed by atoms with Gasteiger partial charge in [-0.2, -0.15) is 4.99 Å². The van der Waals surface area contributed by atoms with Crippen LogP contribution in [0.4, 0.5) is 0 Å². The molecule has 1 amide bonds. The van der Waals surface area contributed by atoms with Gasteiger partial charge in [-0.1, -0.05) is 43.4 Å². The zero-order valence-corrected chi connectivity index (χ0v) is 19.4. The third-order valence-corrected chi connectivity index (χ3v) is 6.99. The van der Waals surface area contributed by atoms with Gasteiger partial charge in [-0.3, -0.25) is 9.59 Å². The Morgan fingerprint density at radius 2 is 1.81 bits per heavy atom. The molecule has 0 bridgehead atoms. The summed E-state index contributed by atoms with van der Waals surface area (Å²) < 4.78 is 30.6. The van der Waals surface area contributed by atoms with E-state index in [0.29, 0.717) is 16.3 Å². The molecule has 0 N–H and O–H groups in total. The van der Waals surface area contributed by atoms with E-state index < -0.39 is 15.8 Å². The van der Waals surface area contributed by atoms with Gasteiger partial charge in [0, 0.05) is 6.26 Å². The van der Waals surface area contributed by atoms with E-state index in [-0.39, 0.29) is 23.8 Å². The van der Waals surface area contributed by atoms with Crippen LogP contribution in [0.1, 0.15) is 30.9 Å². The summed E-state index contributed by atoms with van der Waals surface area (Å²) in [6, 6.07) is 12.1. The van der Waals surface area contributed by atoms with Gasteiger partial charge in [0.15, 0.2) is 14.6 Å². The lowest BCUT2D eigenvalue weighted by atomic mass is 10.0. The molecule has 0 aliphatic heterocycles. The zero-order valence-electron chi connectivity index (χ0n) is 17.8. The second kappa shape index (κ2) is 9.15. The van der Waals surface area contributed by atoms with Crippen molar-refractivity contribution in [3.63, 3.8) is 0 Å². The number of fused-ring (bicyclic) bond motifs is 1. The molecule has 164 valence electrons. The predicted octanol–water partition coefficient (Wildman–Crippen LogP) is 3.07. The zero-order chi connectivity index (χ0) is 22.8. The van der Waals surface area contributed by atoms with E-state index in [1.807, 2.05) is 18.2 Å². The minimum atomic E-state index is -3.29. The number of benzene rings is 2. The van der Waals surface area contributed by atoms with Crippen LogP contribution in [0.2, 0.25) is 0 Å². The Kier molecular flexibility index (Phi) is 6.76. The molecule has 7 nitrogen and oxygen atoms in total. The molecule has 3 aromatic rings. The van der Waals surface area contributed by atoms with Gasteiger partial charge in [0.25, 0.3) is 5.91 Å². The maximum Gasteiger partial charge on any atom is 0.325 e. The van der Waals surface area contributed by atoms with Gasteiger partial charge in [0.1, 0.15) is 6.54 Å². The van der Waals surface area contributed by atoms with Crippen molar-refractivity contribution < 1.29 is 22.7 Å². The molecule has 1 aromatic heterocycles. The summed E-state index contributed by atoms with van der Waals surface area (Å²) in [4.78, 5) is 29.4. The molecule has 0 aliphatic rings. The largest absolute Gasteiger partial charge is 0.468 e. The Balaban J connectivity index is 1.98. The van der Waals surface area contributed by atoms with Crippen LogP contribution in [0, 0.1) is 0 Å². The molecule has 0 saturated carbocycles. The third-order valence-electron chi connectivity index (χ3n) is 4.82. The topological polar surface area (TPSA) is 94.8 Å². The number of carbonyl (C=O) groups excluding carboxylic acids is 2. The van der Waals surface area contributed by atoms with Gasteiger partial charge in [0.2, 0.25) is 0 Å². The van der Waals surface area contributed by atoms with Crippen molar-refractivity contribution >= 4 is 43.3 Å². The molecule has 0 unspecified atom stereocenters. The molecular weight excluding hydrogens is 436 g/mol. The molecule has 1 heterocycles. The van der Waals surface area contributed by atoms with Crippen molar-refractivity contribution in [2.75, 3.05) is 13.4 Å². The normalized spacial score (nSPS) is 12.5. The number of sulfone groups is 1. The molecule has 3 rings (SSSR count). The van der Waals surface area contributed by atoms with Gasteiger partial charge in [-0.05, 0) is 41.3 Å². The van der Waals surface area contributed by atoms with Crippen molar-refractivity contribution in [3.8, 4) is 0 Å². The number of amides is 1. The number of carbonyl (C=O) groups is 2. The van der Waals surface area contributed by atoms with Crippen LogP contribution in [-0.2, 0) is 37.1 Å². The number of esters is 1. The fraction of sp³-hybridized carbons (Fsp3) is 0.318. The minimum Gasteiger partial charge on any atom is -0.468 e. The highest BCUT2D eigenvalue weighted by Gasteiger charge is 2.14. The second-order valence-electron chi connectivity index (χ2n) is 7.53. The standard InChI is InChI=1S/C22H24N2O5S2/c1-14(2)16-7-10-18-19(12-16)30-22(24(18)13-21(26)29-3)23-20(25)11-15-5-8-17(9-6-15)31(4,27)28/h5-10,12,14H,11,13H2,1-4H3. The molecule has 0 spiro atoms. The average molecular weight is 461 g/mol. The molecule has 2 aromatic carbocycles. The Morgan fingerprint density at radius 1 is 1.13 bits per heavy atom. The lowest BCUT2D eigenvalue weighted by Gasteiger charge is -2.06. The summed E-state index contributed by atoms with van der Waals surface area (Å²) in [6.07, 6.45) is 1.16. The van der Waals surface area contributed by atoms with E-state index in [0.717, 1.165) is 22.0 Å². The fourth-order valence-electron chi connectivity index (χ4n) is 3.06. The van der Waals surface area contributed by atoms with Gasteiger partial charge >= 0.3 is 5.97 Å². The highest BCUT2D eigenvalue weighted by atomic mass is 32.2. The van der Waals surface area contributed by atoms with E-state index >= 15 is 0 Å². The molecule has 0 saturated heterocycles. The highest BCUT2D eigenvalue weighted by molar-refractivity contribution is 7.90. The van der Waals surface area contributed by atoms with Gasteiger partial charge in [-0.25, -0.2) is 8.42 Å². The quantitative estimate of drug-likeness (QED) is 0.527. The Morgan fingerprint density at radius 3 is 2.39 bits per heavy atom. The molecule has 9 heteroatoms. The van der Waals surface area contributed by atoms with Crippen molar-refractivity contribution in [2.24, 2.45) is 4.99 Å². The van der Waals surface area contributed by atoms with E-state index in [9.17, 15) is 18.0 Å². The summed E-state index contributed by atoms with van der Waals surface area (Å²) in [7, 11) is -1.98.